The van der Waals surface area contributed by atoms with E-state index in [0.29, 0.717) is 0 Å². The number of hydrogen-bond acceptors (Lipinski definition) is 2. The molecular weight excluding hydrogens is 188 g/mol. The SMILES string of the molecule is OCCN1C=[N+](Cc2ccccc2)CC1. The smallest absolute Gasteiger partial charge is 0.234 e. The maximum Gasteiger partial charge on any atom is 0.234 e. The van der Waals surface area contributed by atoms with Gasteiger partial charge in [-0.25, -0.2) is 0 Å². The Labute approximate surface area is 90.3 Å². The first kappa shape index (κ1) is 10.2. The summed E-state index contributed by atoms with van der Waals surface area (Å²) in [5, 5.41) is 8.82. The van der Waals surface area contributed by atoms with E-state index in [0.717, 1.165) is 26.2 Å². The Bertz CT molecular complexity index is 335. The van der Waals surface area contributed by atoms with E-state index in [-0.39, 0.29) is 6.61 Å². The van der Waals surface area contributed by atoms with E-state index in [9.17, 15) is 0 Å². The number of rotatable bonds is 4. The molecule has 3 heteroatoms. The lowest BCUT2D eigenvalue weighted by atomic mass is 10.2. The molecule has 0 bridgehead atoms. The van der Waals surface area contributed by atoms with Crippen molar-refractivity contribution in [3.8, 4) is 0 Å². The minimum absolute atomic E-state index is 0.232. The quantitative estimate of drug-likeness (QED) is 0.726. The molecular formula is C12H17N2O+. The van der Waals surface area contributed by atoms with Crippen LogP contribution in [-0.2, 0) is 6.54 Å². The van der Waals surface area contributed by atoms with Gasteiger partial charge in [0.05, 0.1) is 6.61 Å². The Morgan fingerprint density at radius 1 is 1.27 bits per heavy atom. The molecule has 0 fully saturated rings. The summed E-state index contributed by atoms with van der Waals surface area (Å²) >= 11 is 0. The van der Waals surface area contributed by atoms with Crippen LogP contribution in [0, 0.1) is 0 Å². The minimum atomic E-state index is 0.232. The summed E-state index contributed by atoms with van der Waals surface area (Å²) in [7, 11) is 0. The fourth-order valence-electron chi connectivity index (χ4n) is 1.84. The molecule has 0 saturated heterocycles. The maximum absolute atomic E-state index is 8.82. The topological polar surface area (TPSA) is 26.5 Å². The molecule has 0 aromatic heterocycles. The molecule has 0 atom stereocenters. The third-order valence-electron chi connectivity index (χ3n) is 2.62. The monoisotopic (exact) mass is 205 g/mol. The van der Waals surface area contributed by atoms with Gasteiger partial charge in [-0.05, 0) is 5.56 Å². The standard InChI is InChI=1S/C12H17N2O/c15-9-8-13-6-7-14(11-13)10-12-4-2-1-3-5-12/h1-5,11,15H,6-10H2/q+1. The van der Waals surface area contributed by atoms with Crippen LogP contribution in [0.15, 0.2) is 30.3 Å². The van der Waals surface area contributed by atoms with Crippen molar-refractivity contribution in [2.24, 2.45) is 0 Å². The van der Waals surface area contributed by atoms with Gasteiger partial charge in [-0.3, -0.25) is 9.48 Å². The number of β-amino-alcohol motifs (C(OH)–C–C–N with tert-alkyl or cyclic N) is 1. The second-order valence-electron chi connectivity index (χ2n) is 3.83. The first-order valence-corrected chi connectivity index (χ1v) is 5.36. The molecule has 0 saturated carbocycles. The summed E-state index contributed by atoms with van der Waals surface area (Å²) in [5.41, 5.74) is 1.33. The second-order valence-corrected chi connectivity index (χ2v) is 3.83. The molecule has 15 heavy (non-hydrogen) atoms. The third-order valence-corrected chi connectivity index (χ3v) is 2.62. The van der Waals surface area contributed by atoms with Crippen LogP contribution in [0.3, 0.4) is 0 Å². The highest BCUT2D eigenvalue weighted by Gasteiger charge is 2.17. The van der Waals surface area contributed by atoms with Crippen LogP contribution in [0.2, 0.25) is 0 Å². The highest BCUT2D eigenvalue weighted by molar-refractivity contribution is 5.50. The molecule has 2 rings (SSSR count). The van der Waals surface area contributed by atoms with Crippen molar-refractivity contribution in [1.82, 2.24) is 4.90 Å². The Kier molecular flexibility index (Phi) is 3.35. The molecule has 0 aliphatic carbocycles. The average Bonchev–Trinajstić information content (AvgIpc) is 2.68. The van der Waals surface area contributed by atoms with Crippen molar-refractivity contribution in [3.63, 3.8) is 0 Å². The van der Waals surface area contributed by atoms with E-state index in [4.69, 9.17) is 5.11 Å². The van der Waals surface area contributed by atoms with E-state index in [2.05, 4.69) is 40.1 Å². The zero-order valence-electron chi connectivity index (χ0n) is 8.84. The van der Waals surface area contributed by atoms with Crippen molar-refractivity contribution >= 4 is 6.34 Å². The summed E-state index contributed by atoms with van der Waals surface area (Å²) in [6.07, 6.45) is 2.11. The van der Waals surface area contributed by atoms with Crippen molar-refractivity contribution < 1.29 is 9.68 Å². The molecule has 1 aromatic carbocycles. The van der Waals surface area contributed by atoms with Crippen molar-refractivity contribution in [2.45, 2.75) is 6.54 Å². The summed E-state index contributed by atoms with van der Waals surface area (Å²) in [6, 6.07) is 10.5. The maximum atomic E-state index is 8.82. The van der Waals surface area contributed by atoms with E-state index in [1.807, 2.05) is 6.07 Å². The molecule has 0 amide bonds. The number of aliphatic hydroxyl groups is 1. The van der Waals surface area contributed by atoms with Gasteiger partial charge in [0.1, 0.15) is 26.2 Å². The lowest BCUT2D eigenvalue weighted by molar-refractivity contribution is -0.530. The predicted molar refractivity (Wildman–Crippen MR) is 60.0 cm³/mol. The van der Waals surface area contributed by atoms with Gasteiger partial charge in [-0.15, -0.1) is 0 Å². The van der Waals surface area contributed by atoms with Crippen LogP contribution in [0.25, 0.3) is 0 Å². The van der Waals surface area contributed by atoms with Crippen LogP contribution in [0.1, 0.15) is 5.56 Å². The Hall–Kier alpha value is -1.35. The molecule has 1 aliphatic rings. The third kappa shape index (κ3) is 2.80. The molecule has 1 aromatic rings. The number of aliphatic hydroxyl groups excluding tert-OH is 1. The Balaban J connectivity index is 1.94. The number of hydrogen-bond donors (Lipinski definition) is 1. The number of nitrogens with zero attached hydrogens (tertiary/aromatic N) is 2. The highest BCUT2D eigenvalue weighted by Crippen LogP contribution is 2.03. The second kappa shape index (κ2) is 4.94. The summed E-state index contributed by atoms with van der Waals surface area (Å²) in [6.45, 7) is 4.01. The minimum Gasteiger partial charge on any atom is -0.392 e. The molecule has 1 N–H and O–H groups in total. The summed E-state index contributed by atoms with van der Waals surface area (Å²) in [5.74, 6) is 0. The van der Waals surface area contributed by atoms with Crippen molar-refractivity contribution in [1.29, 1.82) is 0 Å². The van der Waals surface area contributed by atoms with Crippen LogP contribution < -0.4 is 0 Å². The summed E-state index contributed by atoms with van der Waals surface area (Å²) in [4.78, 5) is 2.16. The zero-order valence-corrected chi connectivity index (χ0v) is 8.84. The molecule has 3 nitrogen and oxygen atoms in total. The largest absolute Gasteiger partial charge is 0.392 e. The average molecular weight is 205 g/mol. The molecule has 1 aliphatic heterocycles. The Morgan fingerprint density at radius 2 is 2.07 bits per heavy atom. The predicted octanol–water partition coefficient (Wildman–Crippen LogP) is 0.535. The van der Waals surface area contributed by atoms with Gasteiger partial charge in [0.25, 0.3) is 0 Å². The van der Waals surface area contributed by atoms with Crippen molar-refractivity contribution in [3.05, 3.63) is 35.9 Å². The van der Waals surface area contributed by atoms with Gasteiger partial charge in [-0.2, -0.15) is 0 Å². The van der Waals surface area contributed by atoms with E-state index >= 15 is 0 Å². The lowest BCUT2D eigenvalue weighted by Gasteiger charge is -2.01. The van der Waals surface area contributed by atoms with Gasteiger partial charge in [0.15, 0.2) is 0 Å². The molecule has 0 spiro atoms. The van der Waals surface area contributed by atoms with E-state index < -0.39 is 0 Å². The van der Waals surface area contributed by atoms with Crippen LogP contribution in [-0.4, -0.2) is 47.2 Å². The van der Waals surface area contributed by atoms with Gasteiger partial charge in [-0.1, -0.05) is 30.3 Å². The summed E-state index contributed by atoms with van der Waals surface area (Å²) < 4.78 is 2.28. The fourth-order valence-corrected chi connectivity index (χ4v) is 1.84. The first-order valence-electron chi connectivity index (χ1n) is 5.36. The lowest BCUT2D eigenvalue weighted by Crippen LogP contribution is -2.23. The first-order chi connectivity index (χ1) is 7.38. The van der Waals surface area contributed by atoms with Crippen LogP contribution >= 0.6 is 0 Å². The van der Waals surface area contributed by atoms with Gasteiger partial charge in [0.2, 0.25) is 6.34 Å². The van der Waals surface area contributed by atoms with E-state index in [1.165, 1.54) is 5.56 Å². The van der Waals surface area contributed by atoms with Gasteiger partial charge < -0.3 is 5.11 Å². The zero-order chi connectivity index (χ0) is 10.5. The Morgan fingerprint density at radius 3 is 2.80 bits per heavy atom. The van der Waals surface area contributed by atoms with E-state index in [1.54, 1.807) is 0 Å². The fraction of sp³-hybridized carbons (Fsp3) is 0.417. The molecule has 0 unspecified atom stereocenters. The highest BCUT2D eigenvalue weighted by atomic mass is 16.3. The molecule has 1 heterocycles. The van der Waals surface area contributed by atoms with Crippen molar-refractivity contribution in [2.75, 3.05) is 26.2 Å². The number of benzene rings is 1. The van der Waals surface area contributed by atoms with Gasteiger partial charge in [0, 0.05) is 0 Å². The van der Waals surface area contributed by atoms with Gasteiger partial charge >= 0.3 is 0 Å². The van der Waals surface area contributed by atoms with Crippen LogP contribution in [0.5, 0.6) is 0 Å². The molecule has 0 radical (unpaired) electrons. The van der Waals surface area contributed by atoms with Crippen LogP contribution in [0.4, 0.5) is 0 Å². The normalized spacial score (nSPS) is 15.5. The molecule has 80 valence electrons.